The molecule has 7 nitrogen and oxygen atoms in total. The summed E-state index contributed by atoms with van der Waals surface area (Å²) in [6, 6.07) is -0.227. The number of sulfonamides is 1. The van der Waals surface area contributed by atoms with Gasteiger partial charge in [0.2, 0.25) is 15.9 Å². The average molecular weight is 387 g/mol. The van der Waals surface area contributed by atoms with Gasteiger partial charge < -0.3 is 10.1 Å². The molecule has 2 amide bonds. The van der Waals surface area contributed by atoms with Crippen molar-refractivity contribution in [3.63, 3.8) is 0 Å². The lowest BCUT2D eigenvalue weighted by Crippen LogP contribution is -2.45. The second-order valence-electron chi connectivity index (χ2n) is 9.49. The van der Waals surface area contributed by atoms with Crippen LogP contribution in [0, 0.1) is 16.7 Å². The van der Waals surface area contributed by atoms with Crippen LogP contribution in [0.15, 0.2) is 0 Å². The normalized spacial score (nSPS) is 33.8. The van der Waals surface area contributed by atoms with Gasteiger partial charge in [-0.15, -0.1) is 0 Å². The van der Waals surface area contributed by atoms with Crippen LogP contribution in [0.25, 0.3) is 0 Å². The molecule has 2 bridgehead atoms. The number of hydrogen-bond acceptors (Lipinski definition) is 5. The molecule has 148 valence electrons. The quantitative estimate of drug-likeness (QED) is 0.803. The van der Waals surface area contributed by atoms with E-state index in [1.807, 2.05) is 0 Å². The van der Waals surface area contributed by atoms with E-state index in [-0.39, 0.29) is 35.6 Å². The second-order valence-corrected chi connectivity index (χ2v) is 11.3. The smallest absolute Gasteiger partial charge is 0.407 e. The first-order chi connectivity index (χ1) is 11.8. The van der Waals surface area contributed by atoms with Gasteiger partial charge in [-0.1, -0.05) is 13.8 Å². The van der Waals surface area contributed by atoms with Gasteiger partial charge >= 0.3 is 6.09 Å². The zero-order valence-corrected chi connectivity index (χ0v) is 17.1. The molecule has 0 aromatic carbocycles. The number of rotatable bonds is 3. The van der Waals surface area contributed by atoms with Gasteiger partial charge in [-0.3, -0.25) is 4.79 Å². The number of amides is 2. The highest BCUT2D eigenvalue weighted by Gasteiger charge is 2.72. The highest BCUT2D eigenvalue weighted by atomic mass is 32.2. The van der Waals surface area contributed by atoms with Crippen molar-refractivity contribution < 1.29 is 22.7 Å². The van der Waals surface area contributed by atoms with E-state index in [1.54, 1.807) is 20.8 Å². The third-order valence-corrected chi connectivity index (χ3v) is 8.60. The third kappa shape index (κ3) is 2.90. The highest BCUT2D eigenvalue weighted by Crippen LogP contribution is 2.69. The van der Waals surface area contributed by atoms with Crippen molar-refractivity contribution in [3.8, 4) is 0 Å². The Morgan fingerprint density at radius 3 is 2.50 bits per heavy atom. The Kier molecular flexibility index (Phi) is 4.37. The fourth-order valence-corrected chi connectivity index (χ4v) is 7.89. The maximum absolute atomic E-state index is 12.8. The molecule has 3 aliphatic rings. The fraction of sp³-hybridized carbons (Fsp3) is 0.889. The van der Waals surface area contributed by atoms with Crippen molar-refractivity contribution in [1.82, 2.24) is 9.62 Å². The lowest BCUT2D eigenvalue weighted by Gasteiger charge is -2.37. The summed E-state index contributed by atoms with van der Waals surface area (Å²) in [5.41, 5.74) is -0.993. The van der Waals surface area contributed by atoms with Crippen LogP contribution in [-0.4, -0.2) is 48.7 Å². The van der Waals surface area contributed by atoms with Crippen molar-refractivity contribution >= 4 is 22.0 Å². The van der Waals surface area contributed by atoms with Crippen LogP contribution in [0.4, 0.5) is 4.79 Å². The molecule has 3 rings (SSSR count). The van der Waals surface area contributed by atoms with Crippen LogP contribution < -0.4 is 5.32 Å². The van der Waals surface area contributed by atoms with Crippen molar-refractivity contribution in [2.75, 3.05) is 12.3 Å². The van der Waals surface area contributed by atoms with Gasteiger partial charge in [-0.05, 0) is 51.4 Å². The molecule has 3 atom stereocenters. The van der Waals surface area contributed by atoms with Crippen LogP contribution in [0.1, 0.15) is 60.3 Å². The first kappa shape index (κ1) is 19.5. The van der Waals surface area contributed by atoms with Crippen LogP contribution in [0.3, 0.4) is 0 Å². The molecule has 1 aliphatic heterocycles. The maximum atomic E-state index is 12.8. The van der Waals surface area contributed by atoms with E-state index in [0.29, 0.717) is 5.92 Å². The number of carbonyl (C=O) groups is 2. The first-order valence-corrected chi connectivity index (χ1v) is 10.9. The van der Waals surface area contributed by atoms with Crippen LogP contribution in [0.5, 0.6) is 0 Å². The summed E-state index contributed by atoms with van der Waals surface area (Å²) in [7, 11) is -3.60. The fourth-order valence-electron chi connectivity index (χ4n) is 5.31. The minimum atomic E-state index is -3.60. The minimum Gasteiger partial charge on any atom is -0.444 e. The van der Waals surface area contributed by atoms with Gasteiger partial charge in [0.1, 0.15) is 5.60 Å². The van der Waals surface area contributed by atoms with Gasteiger partial charge in [0, 0.05) is 18.4 Å². The van der Waals surface area contributed by atoms with E-state index in [4.69, 9.17) is 4.74 Å². The Labute approximate surface area is 155 Å². The molecule has 2 aliphatic carbocycles. The molecule has 1 spiro atoms. The number of fused-ring (bicyclic) bond motifs is 1. The van der Waals surface area contributed by atoms with Gasteiger partial charge in [0.15, 0.2) is 0 Å². The summed E-state index contributed by atoms with van der Waals surface area (Å²) in [4.78, 5) is 24.4. The van der Waals surface area contributed by atoms with Crippen molar-refractivity contribution in [2.45, 2.75) is 71.9 Å². The summed E-state index contributed by atoms with van der Waals surface area (Å²) in [6.45, 7) is 9.63. The van der Waals surface area contributed by atoms with E-state index in [1.165, 1.54) is 0 Å². The molecule has 1 heterocycles. The molecule has 0 radical (unpaired) electrons. The van der Waals surface area contributed by atoms with Crippen LogP contribution in [-0.2, 0) is 19.6 Å². The highest BCUT2D eigenvalue weighted by molar-refractivity contribution is 7.90. The minimum absolute atomic E-state index is 0.0455. The zero-order chi connectivity index (χ0) is 19.5. The molecule has 0 aromatic heterocycles. The van der Waals surface area contributed by atoms with E-state index in [9.17, 15) is 18.0 Å². The summed E-state index contributed by atoms with van der Waals surface area (Å²) >= 11 is 0. The molecular formula is C18H30N2O5S. The largest absolute Gasteiger partial charge is 0.444 e. The maximum Gasteiger partial charge on any atom is 0.407 e. The lowest BCUT2D eigenvalue weighted by molar-refractivity contribution is -0.128. The number of alkyl carbamates (subject to hydrolysis) is 1. The number of nitrogens with zero attached hydrogens (tertiary/aromatic N) is 1. The van der Waals surface area contributed by atoms with Gasteiger partial charge in [-0.2, -0.15) is 0 Å². The topological polar surface area (TPSA) is 92.8 Å². The number of carbonyl (C=O) groups excluding carboxylic acids is 2. The monoisotopic (exact) mass is 386 g/mol. The van der Waals surface area contributed by atoms with E-state index in [0.717, 1.165) is 23.6 Å². The summed E-state index contributed by atoms with van der Waals surface area (Å²) in [5, 5.41) is 2.53. The predicted molar refractivity (Wildman–Crippen MR) is 96.8 cm³/mol. The Hall–Kier alpha value is -1.31. The van der Waals surface area contributed by atoms with Crippen molar-refractivity contribution in [3.05, 3.63) is 0 Å². The number of ether oxygens (including phenoxy) is 1. The summed E-state index contributed by atoms with van der Waals surface area (Å²) < 4.78 is 31.8. The Bertz CT molecular complexity index is 724. The van der Waals surface area contributed by atoms with Gasteiger partial charge in [0.25, 0.3) is 0 Å². The third-order valence-electron chi connectivity index (χ3n) is 6.66. The molecule has 2 saturated carbocycles. The molecule has 0 aromatic rings. The average Bonchev–Trinajstić information content (AvgIpc) is 2.92. The standard InChI is InChI=1S/C18H30N2O5S/c1-16(2,3)25-15(22)19-9-7-14(21)20-13-10-12-6-8-18(13,17(12,4)5)11-26(20,23)24/h12-13H,6-11H2,1-5H3,(H,19,22)/t12-,13-,18-/m1/s1. The van der Waals surface area contributed by atoms with Gasteiger partial charge in [-0.25, -0.2) is 17.5 Å². The first-order valence-electron chi connectivity index (χ1n) is 9.32. The molecule has 26 heavy (non-hydrogen) atoms. The second kappa shape index (κ2) is 5.84. The summed E-state index contributed by atoms with van der Waals surface area (Å²) in [5.74, 6) is 0.115. The van der Waals surface area contributed by atoms with Crippen molar-refractivity contribution in [1.29, 1.82) is 0 Å². The molecule has 1 N–H and O–H groups in total. The number of nitrogens with one attached hydrogen (secondary N) is 1. The zero-order valence-electron chi connectivity index (χ0n) is 16.3. The molecular weight excluding hydrogens is 356 g/mol. The molecule has 8 heteroatoms. The van der Waals surface area contributed by atoms with Crippen LogP contribution >= 0.6 is 0 Å². The van der Waals surface area contributed by atoms with E-state index < -0.39 is 27.6 Å². The van der Waals surface area contributed by atoms with E-state index >= 15 is 0 Å². The van der Waals surface area contributed by atoms with Crippen LogP contribution in [0.2, 0.25) is 0 Å². The number of hydrogen-bond donors (Lipinski definition) is 1. The Morgan fingerprint density at radius 1 is 1.27 bits per heavy atom. The van der Waals surface area contributed by atoms with Gasteiger partial charge in [0.05, 0.1) is 11.8 Å². The molecule has 3 fully saturated rings. The van der Waals surface area contributed by atoms with E-state index in [2.05, 4.69) is 19.2 Å². The lowest BCUT2D eigenvalue weighted by atomic mass is 9.69. The molecule has 0 unspecified atom stereocenters. The van der Waals surface area contributed by atoms with Crippen molar-refractivity contribution in [2.24, 2.45) is 16.7 Å². The summed E-state index contributed by atoms with van der Waals surface area (Å²) in [6.07, 6.45) is 2.02. The Balaban J connectivity index is 1.66. The predicted octanol–water partition coefficient (Wildman–Crippen LogP) is 2.27. The SMILES string of the molecule is CC(C)(C)OC(=O)NCCC(=O)N1[C@@H]2C[C@H]3CC[C@]2(CS1(=O)=O)C3(C)C. The molecule has 1 saturated heterocycles. The Morgan fingerprint density at radius 2 is 1.92 bits per heavy atom.